The van der Waals surface area contributed by atoms with Crippen LogP contribution in [0.15, 0.2) is 85.1 Å². The molecule has 0 saturated heterocycles. The fraction of sp³-hybridized carbons (Fsp3) is 0.143. The number of methoxy groups -OCH3 is 1. The molecule has 0 saturated carbocycles. The van der Waals surface area contributed by atoms with E-state index < -0.39 is 5.91 Å². The molecular formula is C28H27N3O5. The zero-order valence-corrected chi connectivity index (χ0v) is 19.7. The Labute approximate surface area is 208 Å². The van der Waals surface area contributed by atoms with Crippen LogP contribution < -0.4 is 20.3 Å². The van der Waals surface area contributed by atoms with Crippen LogP contribution in [-0.4, -0.2) is 41.8 Å². The van der Waals surface area contributed by atoms with Gasteiger partial charge in [0.15, 0.2) is 0 Å². The van der Waals surface area contributed by atoms with E-state index in [0.717, 1.165) is 22.0 Å². The first kappa shape index (κ1) is 24.6. The molecular weight excluding hydrogens is 458 g/mol. The summed E-state index contributed by atoms with van der Waals surface area (Å²) in [4.78, 5) is 27.6. The molecule has 1 heterocycles. The van der Waals surface area contributed by atoms with E-state index in [1.807, 2.05) is 36.5 Å². The Kier molecular flexibility index (Phi) is 8.00. The van der Waals surface area contributed by atoms with E-state index in [1.165, 1.54) is 6.08 Å². The molecule has 184 valence electrons. The number of hydrogen-bond donors (Lipinski definition) is 4. The standard InChI is InChI=1S/C28H27N3O5/c1-35-23-8-5-7-20(16-23)28(33)30-22(15-21-17-29-26-11-3-2-10-25(21)26)18-36-24-9-4-6-19(14-24)12-13-27(32)31-34/h2-14,16-17,22,29,34H,15,18H2,1H3,(H,30,33)(H,31,32)/b13-12+/t22-/m0/s1. The van der Waals surface area contributed by atoms with Crippen LogP contribution in [-0.2, 0) is 11.2 Å². The molecule has 8 nitrogen and oxygen atoms in total. The number of aromatic amines is 1. The minimum absolute atomic E-state index is 0.222. The fourth-order valence-corrected chi connectivity index (χ4v) is 3.86. The lowest BCUT2D eigenvalue weighted by atomic mass is 10.0. The number of amides is 2. The third-order valence-corrected chi connectivity index (χ3v) is 5.66. The molecule has 0 unspecified atom stereocenters. The summed E-state index contributed by atoms with van der Waals surface area (Å²) in [6.45, 7) is 0.222. The third-order valence-electron chi connectivity index (χ3n) is 5.66. The Balaban J connectivity index is 1.52. The molecule has 0 aliphatic carbocycles. The Morgan fingerprint density at radius 3 is 2.67 bits per heavy atom. The molecule has 1 aromatic heterocycles. The molecule has 1 atom stereocenters. The van der Waals surface area contributed by atoms with Gasteiger partial charge in [-0.2, -0.15) is 0 Å². The van der Waals surface area contributed by atoms with Crippen LogP contribution in [0.25, 0.3) is 17.0 Å². The fourth-order valence-electron chi connectivity index (χ4n) is 3.86. The van der Waals surface area contributed by atoms with Gasteiger partial charge in [0.2, 0.25) is 0 Å². The second kappa shape index (κ2) is 11.7. The first-order chi connectivity index (χ1) is 17.6. The predicted molar refractivity (Wildman–Crippen MR) is 137 cm³/mol. The van der Waals surface area contributed by atoms with Gasteiger partial charge in [-0.05, 0) is 60.0 Å². The summed E-state index contributed by atoms with van der Waals surface area (Å²) in [5, 5.41) is 12.8. The van der Waals surface area contributed by atoms with Crippen molar-refractivity contribution in [1.29, 1.82) is 0 Å². The normalized spacial score (nSPS) is 11.8. The smallest absolute Gasteiger partial charge is 0.267 e. The maximum Gasteiger partial charge on any atom is 0.267 e. The molecule has 0 radical (unpaired) electrons. The van der Waals surface area contributed by atoms with Gasteiger partial charge in [-0.3, -0.25) is 14.8 Å². The highest BCUT2D eigenvalue weighted by molar-refractivity contribution is 5.95. The monoisotopic (exact) mass is 485 g/mol. The quantitative estimate of drug-likeness (QED) is 0.153. The number of aromatic nitrogens is 1. The minimum Gasteiger partial charge on any atom is -0.497 e. The lowest BCUT2D eigenvalue weighted by Gasteiger charge is -2.20. The van der Waals surface area contributed by atoms with E-state index in [1.54, 1.807) is 61.1 Å². The van der Waals surface area contributed by atoms with Gasteiger partial charge in [0.25, 0.3) is 11.8 Å². The first-order valence-electron chi connectivity index (χ1n) is 11.4. The number of nitrogens with one attached hydrogen (secondary N) is 3. The Bertz CT molecular complexity index is 1380. The van der Waals surface area contributed by atoms with Gasteiger partial charge in [0.05, 0.1) is 13.2 Å². The van der Waals surface area contributed by atoms with Crippen LogP contribution in [0, 0.1) is 0 Å². The van der Waals surface area contributed by atoms with Crippen molar-refractivity contribution in [3.05, 3.63) is 102 Å². The molecule has 0 aliphatic heterocycles. The number of rotatable bonds is 10. The summed E-state index contributed by atoms with van der Waals surface area (Å²) in [5.41, 5.74) is 4.87. The molecule has 4 N–H and O–H groups in total. The van der Waals surface area contributed by atoms with Crippen LogP contribution in [0.2, 0.25) is 0 Å². The summed E-state index contributed by atoms with van der Waals surface area (Å²) in [7, 11) is 1.56. The lowest BCUT2D eigenvalue weighted by Crippen LogP contribution is -2.40. The Hall–Kier alpha value is -4.56. The van der Waals surface area contributed by atoms with Gasteiger partial charge in [0.1, 0.15) is 18.1 Å². The van der Waals surface area contributed by atoms with E-state index in [-0.39, 0.29) is 18.6 Å². The number of carbonyl (C=O) groups excluding carboxylic acids is 2. The predicted octanol–water partition coefficient (Wildman–Crippen LogP) is 4.12. The van der Waals surface area contributed by atoms with E-state index >= 15 is 0 Å². The molecule has 0 bridgehead atoms. The van der Waals surface area contributed by atoms with E-state index in [9.17, 15) is 9.59 Å². The van der Waals surface area contributed by atoms with E-state index in [0.29, 0.717) is 23.5 Å². The van der Waals surface area contributed by atoms with Crippen LogP contribution in [0.1, 0.15) is 21.5 Å². The zero-order valence-electron chi connectivity index (χ0n) is 19.7. The molecule has 4 rings (SSSR count). The van der Waals surface area contributed by atoms with Crippen molar-refractivity contribution in [2.24, 2.45) is 0 Å². The zero-order chi connectivity index (χ0) is 25.3. The summed E-state index contributed by atoms with van der Waals surface area (Å²) >= 11 is 0. The van der Waals surface area contributed by atoms with Crippen LogP contribution in [0.4, 0.5) is 0 Å². The molecule has 2 amide bonds. The second-order valence-electron chi connectivity index (χ2n) is 8.16. The highest BCUT2D eigenvalue weighted by Crippen LogP contribution is 2.21. The van der Waals surface area contributed by atoms with Crippen molar-refractivity contribution >= 4 is 28.8 Å². The topological polar surface area (TPSA) is 113 Å². The van der Waals surface area contributed by atoms with Crippen molar-refractivity contribution in [2.45, 2.75) is 12.5 Å². The van der Waals surface area contributed by atoms with Crippen molar-refractivity contribution in [2.75, 3.05) is 13.7 Å². The summed E-state index contributed by atoms with van der Waals surface area (Å²) < 4.78 is 11.3. The third kappa shape index (κ3) is 6.31. The Morgan fingerprint density at radius 2 is 1.83 bits per heavy atom. The Morgan fingerprint density at radius 1 is 1.03 bits per heavy atom. The number of hydrogen-bond acceptors (Lipinski definition) is 5. The lowest BCUT2D eigenvalue weighted by molar-refractivity contribution is -0.124. The average Bonchev–Trinajstić information content (AvgIpc) is 3.33. The van der Waals surface area contributed by atoms with Gasteiger partial charge >= 0.3 is 0 Å². The van der Waals surface area contributed by atoms with Gasteiger partial charge < -0.3 is 19.8 Å². The maximum absolute atomic E-state index is 13.1. The van der Waals surface area contributed by atoms with Crippen molar-refractivity contribution in [3.63, 3.8) is 0 Å². The molecule has 0 aliphatic rings. The molecule has 0 spiro atoms. The SMILES string of the molecule is COc1cccc(C(=O)N[C@H](COc2cccc(/C=C/C(=O)NO)c2)Cc2c[nH]c3ccccc23)c1. The van der Waals surface area contributed by atoms with Crippen LogP contribution >= 0.6 is 0 Å². The largest absolute Gasteiger partial charge is 0.497 e. The van der Waals surface area contributed by atoms with E-state index in [4.69, 9.17) is 14.7 Å². The second-order valence-corrected chi connectivity index (χ2v) is 8.16. The maximum atomic E-state index is 13.1. The van der Waals surface area contributed by atoms with Crippen molar-refractivity contribution < 1.29 is 24.3 Å². The molecule has 3 aromatic carbocycles. The molecule has 36 heavy (non-hydrogen) atoms. The van der Waals surface area contributed by atoms with Crippen LogP contribution in [0.3, 0.4) is 0 Å². The summed E-state index contributed by atoms with van der Waals surface area (Å²) in [5.74, 6) is 0.336. The number of ether oxygens (including phenoxy) is 2. The number of para-hydroxylation sites is 1. The molecule has 0 fully saturated rings. The average molecular weight is 486 g/mol. The number of fused-ring (bicyclic) bond motifs is 1. The molecule has 8 heteroatoms. The van der Waals surface area contributed by atoms with Crippen molar-refractivity contribution in [3.8, 4) is 11.5 Å². The van der Waals surface area contributed by atoms with E-state index in [2.05, 4.69) is 10.3 Å². The number of H-pyrrole nitrogens is 1. The van der Waals surface area contributed by atoms with Gasteiger partial charge in [-0.15, -0.1) is 0 Å². The van der Waals surface area contributed by atoms with Crippen molar-refractivity contribution in [1.82, 2.24) is 15.8 Å². The summed E-state index contributed by atoms with van der Waals surface area (Å²) in [6.07, 6.45) is 5.28. The number of benzene rings is 3. The van der Waals surface area contributed by atoms with Gasteiger partial charge in [0, 0.05) is 28.7 Å². The minimum atomic E-state index is -0.625. The number of hydroxylamine groups is 1. The van der Waals surface area contributed by atoms with Crippen LogP contribution in [0.5, 0.6) is 11.5 Å². The summed E-state index contributed by atoms with van der Waals surface area (Å²) in [6, 6.07) is 21.8. The van der Waals surface area contributed by atoms with Gasteiger partial charge in [-0.1, -0.05) is 36.4 Å². The molecule has 4 aromatic rings. The highest BCUT2D eigenvalue weighted by atomic mass is 16.5. The number of carbonyl (C=O) groups is 2. The first-order valence-corrected chi connectivity index (χ1v) is 11.4. The van der Waals surface area contributed by atoms with Gasteiger partial charge in [-0.25, -0.2) is 5.48 Å². The highest BCUT2D eigenvalue weighted by Gasteiger charge is 2.18.